The van der Waals surface area contributed by atoms with E-state index in [2.05, 4.69) is 29.7 Å². The van der Waals surface area contributed by atoms with E-state index in [4.69, 9.17) is 32.2 Å². The van der Waals surface area contributed by atoms with Gasteiger partial charge in [-0.05, 0) is 43.4 Å². The summed E-state index contributed by atoms with van der Waals surface area (Å²) >= 11 is 6.39. The fraction of sp³-hybridized carbons (Fsp3) is 0.744. The number of anilines is 1. The van der Waals surface area contributed by atoms with Crippen LogP contribution in [0.5, 0.6) is 0 Å². The van der Waals surface area contributed by atoms with Crippen molar-refractivity contribution in [2.75, 3.05) is 24.7 Å². The number of fused-ring (bicyclic) bond motifs is 1. The topological polar surface area (TPSA) is 116 Å². The fourth-order valence-corrected chi connectivity index (χ4v) is 6.63. The number of aromatic nitrogens is 3. The van der Waals surface area contributed by atoms with Gasteiger partial charge in [-0.15, -0.1) is 6.42 Å². The maximum absolute atomic E-state index is 13.5. The fourth-order valence-electron chi connectivity index (χ4n) is 6.47. The van der Waals surface area contributed by atoms with Crippen molar-refractivity contribution in [3.8, 4) is 12.3 Å². The summed E-state index contributed by atoms with van der Waals surface area (Å²) in [5.41, 5.74) is -0.741. The molecule has 50 heavy (non-hydrogen) atoms. The Hall–Kier alpha value is -2.87. The SMILES string of the molecule is C#CC1(CO)CC[C@H](n2ccc3c(N(C(=O)OCCCCCCCCCCCC)C(=O)OCCCCCCCCCCCC)nc(Cl)nc32)O1. The Morgan fingerprint density at radius 3 is 1.80 bits per heavy atom. The lowest BCUT2D eigenvalue weighted by Gasteiger charge is -2.22. The summed E-state index contributed by atoms with van der Waals surface area (Å²) in [6, 6.07) is 1.69. The number of rotatable bonds is 25. The molecule has 1 fully saturated rings. The molecule has 280 valence electrons. The summed E-state index contributed by atoms with van der Waals surface area (Å²) in [5, 5.41) is 10.1. The van der Waals surface area contributed by atoms with E-state index in [9.17, 15) is 14.7 Å². The first-order valence-corrected chi connectivity index (χ1v) is 19.7. The number of carbonyl (C=O) groups excluding carboxylic acids is 2. The van der Waals surface area contributed by atoms with E-state index in [1.165, 1.54) is 77.0 Å². The summed E-state index contributed by atoms with van der Waals surface area (Å²) in [7, 11) is 0. The molecule has 0 aromatic carbocycles. The van der Waals surface area contributed by atoms with E-state index < -0.39 is 24.0 Å². The van der Waals surface area contributed by atoms with Crippen LogP contribution in [0.4, 0.5) is 15.4 Å². The van der Waals surface area contributed by atoms with Crippen LogP contribution >= 0.6 is 11.6 Å². The lowest BCUT2D eigenvalue weighted by molar-refractivity contribution is -0.0615. The van der Waals surface area contributed by atoms with Gasteiger partial charge in [-0.3, -0.25) is 0 Å². The minimum Gasteiger partial charge on any atom is -0.449 e. The molecule has 0 bridgehead atoms. The van der Waals surface area contributed by atoms with Crippen LogP contribution in [0.3, 0.4) is 0 Å². The molecular weight excluding hydrogens is 656 g/mol. The Balaban J connectivity index is 1.63. The smallest absolute Gasteiger partial charge is 0.425 e. The maximum Gasteiger partial charge on any atom is 0.425 e. The Morgan fingerprint density at radius 1 is 0.880 bits per heavy atom. The summed E-state index contributed by atoms with van der Waals surface area (Å²) in [4.78, 5) is 36.6. The van der Waals surface area contributed by atoms with Crippen LogP contribution in [0.25, 0.3) is 11.0 Å². The lowest BCUT2D eigenvalue weighted by Crippen LogP contribution is -2.39. The van der Waals surface area contributed by atoms with Gasteiger partial charge in [0.15, 0.2) is 11.4 Å². The zero-order chi connectivity index (χ0) is 36.0. The third-order valence-corrected chi connectivity index (χ3v) is 9.70. The molecule has 2 aromatic rings. The number of carbonyl (C=O) groups is 2. The molecule has 0 saturated carbocycles. The van der Waals surface area contributed by atoms with Crippen molar-refractivity contribution < 1.29 is 28.9 Å². The molecule has 2 atom stereocenters. The number of amides is 2. The molecule has 1 unspecified atom stereocenters. The largest absolute Gasteiger partial charge is 0.449 e. The second kappa shape index (κ2) is 23.6. The van der Waals surface area contributed by atoms with Crippen molar-refractivity contribution in [2.45, 2.75) is 167 Å². The molecule has 1 aliphatic heterocycles. The summed E-state index contributed by atoms with van der Waals surface area (Å²) in [6.45, 7) is 4.48. The van der Waals surface area contributed by atoms with Crippen LogP contribution in [-0.2, 0) is 14.2 Å². The van der Waals surface area contributed by atoms with Crippen molar-refractivity contribution in [3.63, 3.8) is 0 Å². The summed E-state index contributed by atoms with van der Waals surface area (Å²) in [5.74, 6) is 2.53. The molecule has 11 heteroatoms. The molecule has 10 nitrogen and oxygen atoms in total. The molecule has 0 radical (unpaired) electrons. The van der Waals surface area contributed by atoms with Gasteiger partial charge in [0, 0.05) is 6.20 Å². The lowest BCUT2D eigenvalue weighted by atomic mass is 10.0. The second-order valence-corrected chi connectivity index (χ2v) is 14.0. The highest BCUT2D eigenvalue weighted by molar-refractivity contribution is 6.29. The third-order valence-electron chi connectivity index (χ3n) is 9.53. The van der Waals surface area contributed by atoms with Gasteiger partial charge in [0.05, 0.1) is 25.2 Å². The van der Waals surface area contributed by atoms with E-state index in [0.29, 0.717) is 36.7 Å². The minimum atomic E-state index is -1.09. The first-order valence-electron chi connectivity index (χ1n) is 19.3. The monoisotopic (exact) mass is 716 g/mol. The van der Waals surface area contributed by atoms with Crippen molar-refractivity contribution in [1.82, 2.24) is 14.5 Å². The van der Waals surface area contributed by atoms with Crippen molar-refractivity contribution in [3.05, 3.63) is 17.5 Å². The highest BCUT2D eigenvalue weighted by Crippen LogP contribution is 2.39. The highest BCUT2D eigenvalue weighted by Gasteiger charge is 2.40. The zero-order valence-electron chi connectivity index (χ0n) is 30.6. The number of unbranched alkanes of at least 4 members (excludes halogenated alkanes) is 18. The number of terminal acetylenes is 1. The maximum atomic E-state index is 13.5. The van der Waals surface area contributed by atoms with Gasteiger partial charge in [0.2, 0.25) is 5.28 Å². The summed E-state index contributed by atoms with van der Waals surface area (Å²) in [6.07, 6.45) is 29.1. The van der Waals surface area contributed by atoms with Crippen LogP contribution in [0.2, 0.25) is 5.28 Å². The number of aliphatic hydroxyl groups is 1. The van der Waals surface area contributed by atoms with Crippen molar-refractivity contribution in [2.24, 2.45) is 0 Å². The van der Waals surface area contributed by atoms with E-state index in [1.807, 2.05) is 0 Å². The number of nitrogens with zero attached hydrogens (tertiary/aromatic N) is 4. The first-order chi connectivity index (χ1) is 24.4. The number of imide groups is 1. The Labute approximate surface area is 305 Å². The number of hydrogen-bond acceptors (Lipinski definition) is 8. The van der Waals surface area contributed by atoms with Gasteiger partial charge >= 0.3 is 12.2 Å². The van der Waals surface area contributed by atoms with Gasteiger partial charge in [-0.2, -0.15) is 14.9 Å². The van der Waals surface area contributed by atoms with E-state index in [1.54, 1.807) is 16.8 Å². The van der Waals surface area contributed by atoms with Crippen LogP contribution in [0.1, 0.15) is 161 Å². The quantitative estimate of drug-likeness (QED) is 0.0613. The molecule has 1 N–H and O–H groups in total. The molecule has 3 rings (SSSR count). The standard InChI is InChI=1S/C39H61ClN4O6/c1-4-7-9-11-13-15-17-19-21-23-29-48-37(46)44(38(47)49-30-24-22-20-18-16-14-12-10-8-5-2)35-32-26-28-43(34(32)41-36(40)42-35)33-25-27-39(6-3,31-45)50-33/h3,26,28,33,45H,4-5,7-25,27,29-31H2,1-2H3/t33-,39?/m1/s1. The van der Waals surface area contributed by atoms with Crippen molar-refractivity contribution in [1.29, 1.82) is 0 Å². The molecule has 1 saturated heterocycles. The average Bonchev–Trinajstić information content (AvgIpc) is 3.74. The molecule has 2 aromatic heterocycles. The average molecular weight is 717 g/mol. The molecule has 0 spiro atoms. The number of ether oxygens (including phenoxy) is 3. The van der Waals surface area contributed by atoms with Gasteiger partial charge in [-0.1, -0.05) is 135 Å². The number of hydrogen-bond donors (Lipinski definition) is 1. The van der Waals surface area contributed by atoms with E-state index >= 15 is 0 Å². The van der Waals surface area contributed by atoms with Gasteiger partial charge in [0.25, 0.3) is 0 Å². The van der Waals surface area contributed by atoms with Crippen molar-refractivity contribution >= 4 is 40.6 Å². The van der Waals surface area contributed by atoms with Crippen LogP contribution < -0.4 is 4.90 Å². The predicted octanol–water partition coefficient (Wildman–Crippen LogP) is 10.7. The highest BCUT2D eigenvalue weighted by atomic mass is 35.5. The minimum absolute atomic E-state index is 0.0248. The molecule has 1 aliphatic rings. The normalized spacial score (nSPS) is 17.2. The van der Waals surface area contributed by atoms with E-state index in [0.717, 1.165) is 43.4 Å². The predicted molar refractivity (Wildman–Crippen MR) is 199 cm³/mol. The Kier molecular flexibility index (Phi) is 19.6. The Morgan fingerprint density at radius 2 is 1.36 bits per heavy atom. The van der Waals surface area contributed by atoms with Crippen LogP contribution in [-0.4, -0.2) is 57.2 Å². The second-order valence-electron chi connectivity index (χ2n) is 13.6. The van der Waals surface area contributed by atoms with Crippen LogP contribution in [0.15, 0.2) is 12.3 Å². The molecular formula is C39H61ClN4O6. The van der Waals surface area contributed by atoms with Gasteiger partial charge < -0.3 is 23.9 Å². The summed E-state index contributed by atoms with van der Waals surface area (Å²) < 4.78 is 19.0. The molecule has 2 amide bonds. The van der Waals surface area contributed by atoms with E-state index in [-0.39, 0.29) is 30.9 Å². The van der Waals surface area contributed by atoms with Crippen LogP contribution in [0, 0.1) is 12.3 Å². The van der Waals surface area contributed by atoms with Gasteiger partial charge in [-0.25, -0.2) is 9.59 Å². The number of aliphatic hydroxyl groups excluding tert-OH is 1. The first kappa shape index (κ1) is 41.5. The van der Waals surface area contributed by atoms with Gasteiger partial charge in [0.1, 0.15) is 11.9 Å². The molecule has 3 heterocycles. The Bertz CT molecular complexity index is 1290. The molecule has 0 aliphatic carbocycles. The number of halogens is 1. The third kappa shape index (κ3) is 13.4. The zero-order valence-corrected chi connectivity index (χ0v) is 31.4.